The number of rotatable bonds is 33. The van der Waals surface area contributed by atoms with Gasteiger partial charge in [0, 0.05) is 39.1 Å². The summed E-state index contributed by atoms with van der Waals surface area (Å²) < 4.78 is 41.8. The molecule has 234 valence electrons. The largest absolute Gasteiger partial charge is 0.379 e. The van der Waals surface area contributed by atoms with E-state index in [1.807, 2.05) is 0 Å². The molecule has 0 aromatic carbocycles. The third kappa shape index (κ3) is 30.7. The van der Waals surface area contributed by atoms with E-state index in [1.165, 1.54) is 0 Å². The Labute approximate surface area is 236 Å². The minimum atomic E-state index is -0.262. The molecular weight excluding hydrogens is 532 g/mol. The molecule has 40 heavy (non-hydrogen) atoms. The van der Waals surface area contributed by atoms with Crippen LogP contribution in [0.4, 0.5) is 0 Å². The Kier molecular flexibility index (Phi) is 30.2. The number of hydrogen-bond acceptors (Lipinski definition) is 13. The second-order valence-corrected chi connectivity index (χ2v) is 8.27. The highest BCUT2D eigenvalue weighted by molar-refractivity contribution is 5.80. The van der Waals surface area contributed by atoms with Crippen molar-refractivity contribution in [2.75, 3.05) is 119 Å². The lowest BCUT2D eigenvalue weighted by molar-refractivity contribution is -0.127. The zero-order chi connectivity index (χ0) is 29.4. The number of hydrogen-bond donors (Lipinski definition) is 2. The van der Waals surface area contributed by atoms with E-state index < -0.39 is 0 Å². The Balaban J connectivity index is 3.32. The van der Waals surface area contributed by atoms with Gasteiger partial charge in [0.05, 0.1) is 66.1 Å². The molecule has 1 amide bonds. The Morgan fingerprint density at radius 2 is 1.00 bits per heavy atom. The molecule has 0 saturated heterocycles. The summed E-state index contributed by atoms with van der Waals surface area (Å²) in [7, 11) is 0. The third-order valence-electron chi connectivity index (χ3n) is 4.75. The molecule has 0 atom stereocenters. The maximum absolute atomic E-state index is 11.7. The van der Waals surface area contributed by atoms with Crippen LogP contribution in [0.25, 0.3) is 0 Å². The number of nitrogens with one attached hydrogen (secondary N) is 1. The van der Waals surface area contributed by atoms with Gasteiger partial charge in [-0.25, -0.2) is 0 Å². The second kappa shape index (κ2) is 31.6. The van der Waals surface area contributed by atoms with Gasteiger partial charge in [0.15, 0.2) is 11.6 Å². The third-order valence-corrected chi connectivity index (χ3v) is 4.75. The summed E-state index contributed by atoms with van der Waals surface area (Å²) in [5.74, 6) is -0.274. The van der Waals surface area contributed by atoms with Crippen LogP contribution >= 0.6 is 0 Å². The quantitative estimate of drug-likeness (QED) is 0.0720. The van der Waals surface area contributed by atoms with Gasteiger partial charge in [-0.3, -0.25) is 14.4 Å². The van der Waals surface area contributed by atoms with E-state index >= 15 is 0 Å². The Bertz CT molecular complexity index is 624. The molecule has 0 saturated carbocycles. The van der Waals surface area contributed by atoms with Crippen molar-refractivity contribution in [3.8, 4) is 0 Å². The Hall–Kier alpha value is -1.88. The van der Waals surface area contributed by atoms with E-state index in [1.54, 1.807) is 0 Å². The number of carbonyl (C=O) groups is 4. The molecule has 0 bridgehead atoms. The van der Waals surface area contributed by atoms with Gasteiger partial charge in [-0.1, -0.05) is 0 Å². The molecule has 14 heteroatoms. The lowest BCUT2D eigenvalue weighted by Crippen LogP contribution is -2.31. The van der Waals surface area contributed by atoms with E-state index in [2.05, 4.69) is 5.32 Å². The van der Waals surface area contributed by atoms with Crippen molar-refractivity contribution in [1.29, 1.82) is 0 Å². The zero-order valence-electron chi connectivity index (χ0n) is 23.6. The summed E-state index contributed by atoms with van der Waals surface area (Å²) in [6.45, 7) is 5.19. The maximum atomic E-state index is 11.7. The van der Waals surface area contributed by atoms with Crippen LogP contribution in [0.1, 0.15) is 25.7 Å². The van der Waals surface area contributed by atoms with E-state index in [0.29, 0.717) is 111 Å². The van der Waals surface area contributed by atoms with Crippen LogP contribution in [-0.2, 0) is 57.1 Å². The first kappa shape index (κ1) is 38.1. The summed E-state index contributed by atoms with van der Waals surface area (Å²) in [6.07, 6.45) is 2.59. The van der Waals surface area contributed by atoms with Crippen LogP contribution in [0.3, 0.4) is 0 Å². The first-order valence-electron chi connectivity index (χ1n) is 13.7. The van der Waals surface area contributed by atoms with Crippen LogP contribution < -0.4 is 11.1 Å². The lowest BCUT2D eigenvalue weighted by Gasteiger charge is -2.08. The first-order valence-corrected chi connectivity index (χ1v) is 13.7. The molecular formula is C26H48N2O12. The van der Waals surface area contributed by atoms with Crippen molar-refractivity contribution in [3.05, 3.63) is 0 Å². The summed E-state index contributed by atoms with van der Waals surface area (Å²) in [6, 6.07) is 0. The summed E-state index contributed by atoms with van der Waals surface area (Å²) in [5.41, 5.74) is 5.30. The normalized spacial score (nSPS) is 11.0. The van der Waals surface area contributed by atoms with Crippen LogP contribution in [0, 0.1) is 0 Å². The number of nitrogens with two attached hydrogens (primary N) is 1. The van der Waals surface area contributed by atoms with Crippen molar-refractivity contribution in [2.45, 2.75) is 25.7 Å². The van der Waals surface area contributed by atoms with Gasteiger partial charge in [-0.05, 0) is 12.8 Å². The zero-order valence-corrected chi connectivity index (χ0v) is 23.6. The molecule has 0 aromatic rings. The van der Waals surface area contributed by atoms with Gasteiger partial charge in [0.2, 0.25) is 5.91 Å². The van der Waals surface area contributed by atoms with Crippen LogP contribution in [0.2, 0.25) is 0 Å². The Morgan fingerprint density at radius 1 is 0.550 bits per heavy atom. The molecule has 0 rings (SSSR count). The molecule has 0 aliphatic rings. The topological polar surface area (TPSA) is 180 Å². The van der Waals surface area contributed by atoms with Gasteiger partial charge in [-0.2, -0.15) is 0 Å². The van der Waals surface area contributed by atoms with Crippen molar-refractivity contribution in [1.82, 2.24) is 5.32 Å². The van der Waals surface area contributed by atoms with Crippen molar-refractivity contribution in [2.24, 2.45) is 5.73 Å². The number of Topliss-reactive ketones (excluding diaryl/α,β-unsaturated/α-hetero) is 2. The molecule has 0 spiro atoms. The van der Waals surface area contributed by atoms with Gasteiger partial charge < -0.3 is 53.7 Å². The fraction of sp³-hybridized carbons (Fsp3) is 0.846. The van der Waals surface area contributed by atoms with Gasteiger partial charge in [-0.15, -0.1) is 0 Å². The number of aldehydes is 1. The Morgan fingerprint density at radius 3 is 1.52 bits per heavy atom. The number of carbonyl (C=O) groups excluding carboxylic acids is 4. The first-order chi connectivity index (χ1) is 19.6. The number of ketones is 2. The van der Waals surface area contributed by atoms with E-state index in [9.17, 15) is 19.2 Å². The van der Waals surface area contributed by atoms with Gasteiger partial charge >= 0.3 is 0 Å². The van der Waals surface area contributed by atoms with Crippen molar-refractivity contribution >= 4 is 23.8 Å². The fourth-order valence-corrected chi connectivity index (χ4v) is 2.83. The maximum Gasteiger partial charge on any atom is 0.246 e. The molecule has 0 fully saturated rings. The molecule has 0 heterocycles. The van der Waals surface area contributed by atoms with Gasteiger partial charge in [0.1, 0.15) is 32.7 Å². The second-order valence-electron chi connectivity index (χ2n) is 8.27. The van der Waals surface area contributed by atoms with E-state index in [-0.39, 0.29) is 57.1 Å². The number of ether oxygens (including phenoxy) is 8. The highest BCUT2D eigenvalue weighted by Crippen LogP contribution is 1.95. The minimum Gasteiger partial charge on any atom is -0.379 e. The van der Waals surface area contributed by atoms with Gasteiger partial charge in [0.25, 0.3) is 0 Å². The highest BCUT2D eigenvalue weighted by atomic mass is 16.5. The molecule has 0 unspecified atom stereocenters. The molecule has 0 aromatic heterocycles. The predicted molar refractivity (Wildman–Crippen MR) is 143 cm³/mol. The summed E-state index contributed by atoms with van der Waals surface area (Å²) in [5, 5.41) is 2.67. The monoisotopic (exact) mass is 580 g/mol. The standard InChI is InChI=1S/C26H48N2O12/c27-5-10-35-16-18-38-21-24(30)4-2-9-34-15-20-40-23-26(32)28-6-11-36-17-19-39-22-25(31)3-1-8-33-13-14-37-12-7-29/h7H,1-6,8-23,27H2,(H,28,32). The highest BCUT2D eigenvalue weighted by Gasteiger charge is 2.04. The van der Waals surface area contributed by atoms with E-state index in [0.717, 1.165) is 0 Å². The molecule has 0 aliphatic heterocycles. The summed E-state index contributed by atoms with van der Waals surface area (Å²) in [4.78, 5) is 45.2. The molecule has 0 radical (unpaired) electrons. The van der Waals surface area contributed by atoms with Crippen LogP contribution in [-0.4, -0.2) is 143 Å². The van der Waals surface area contributed by atoms with Crippen LogP contribution in [0.15, 0.2) is 0 Å². The molecule has 3 N–H and O–H groups in total. The van der Waals surface area contributed by atoms with Crippen molar-refractivity contribution in [3.63, 3.8) is 0 Å². The molecule has 14 nitrogen and oxygen atoms in total. The lowest BCUT2D eigenvalue weighted by atomic mass is 10.2. The fourth-order valence-electron chi connectivity index (χ4n) is 2.83. The van der Waals surface area contributed by atoms with Crippen LogP contribution in [0.5, 0.6) is 0 Å². The van der Waals surface area contributed by atoms with Crippen molar-refractivity contribution < 1.29 is 57.1 Å². The van der Waals surface area contributed by atoms with E-state index in [4.69, 9.17) is 43.6 Å². The average molecular weight is 581 g/mol. The number of amides is 1. The SMILES string of the molecule is NCCOCCOCC(=O)CCCOCCOCC(=O)NCCOCCOCC(=O)CCCOCCOCC=O. The smallest absolute Gasteiger partial charge is 0.246 e. The minimum absolute atomic E-state index is 0.00640. The molecule has 0 aliphatic carbocycles. The summed E-state index contributed by atoms with van der Waals surface area (Å²) >= 11 is 0. The average Bonchev–Trinajstić information content (AvgIpc) is 2.94. The predicted octanol–water partition coefficient (Wildman–Crippen LogP) is -0.908.